The van der Waals surface area contributed by atoms with Crippen molar-refractivity contribution in [3.63, 3.8) is 0 Å². The van der Waals surface area contributed by atoms with Gasteiger partial charge in [-0.15, -0.1) is 0 Å². The fraction of sp³-hybridized carbons (Fsp3) is 0.444. The van der Waals surface area contributed by atoms with Crippen LogP contribution in [-0.2, 0) is 6.42 Å². The summed E-state index contributed by atoms with van der Waals surface area (Å²) in [7, 11) is 0. The summed E-state index contributed by atoms with van der Waals surface area (Å²) < 4.78 is 0.822. The Morgan fingerprint density at radius 1 is 1.45 bits per heavy atom. The van der Waals surface area contributed by atoms with E-state index in [-0.39, 0.29) is 0 Å². The lowest BCUT2D eigenvalue weighted by molar-refractivity contribution is 0.897. The first kappa shape index (κ1) is 8.47. The third kappa shape index (κ3) is 2.15. The number of nitrogens with one attached hydrogen (secondary N) is 1. The Balaban J connectivity index is 2.99. The molecule has 1 aromatic rings. The standard InChI is InChI=1S/C9H13NS/c1-3-4-8-5-6-9(11)10-7(8)2/h5-6H,3-4H2,1-2H3,(H,10,11). The smallest absolute Gasteiger partial charge is 0.103 e. The van der Waals surface area contributed by atoms with Gasteiger partial charge in [-0.1, -0.05) is 31.6 Å². The molecule has 0 aromatic carbocycles. The van der Waals surface area contributed by atoms with E-state index in [1.807, 2.05) is 6.07 Å². The molecule has 0 unspecified atom stereocenters. The Kier molecular flexibility index (Phi) is 2.83. The van der Waals surface area contributed by atoms with Gasteiger partial charge in [0.1, 0.15) is 4.64 Å². The summed E-state index contributed by atoms with van der Waals surface area (Å²) in [4.78, 5) is 3.14. The lowest BCUT2D eigenvalue weighted by atomic mass is 10.1. The molecular formula is C9H13NS. The molecule has 1 nitrogen and oxygen atoms in total. The molecule has 11 heavy (non-hydrogen) atoms. The van der Waals surface area contributed by atoms with E-state index >= 15 is 0 Å². The van der Waals surface area contributed by atoms with Gasteiger partial charge in [-0.05, 0) is 25.0 Å². The normalized spacial score (nSPS) is 10.0. The SMILES string of the molecule is CCCc1ccc(=S)[nH]c1C. The van der Waals surface area contributed by atoms with E-state index in [0.717, 1.165) is 11.1 Å². The molecule has 0 aliphatic carbocycles. The zero-order valence-corrected chi connectivity index (χ0v) is 7.79. The molecule has 0 aliphatic rings. The van der Waals surface area contributed by atoms with E-state index in [1.165, 1.54) is 17.7 Å². The molecule has 1 N–H and O–H groups in total. The van der Waals surface area contributed by atoms with Crippen molar-refractivity contribution in [3.8, 4) is 0 Å². The van der Waals surface area contributed by atoms with E-state index in [2.05, 4.69) is 24.9 Å². The first-order chi connectivity index (χ1) is 5.24. The van der Waals surface area contributed by atoms with Crippen molar-refractivity contribution in [2.75, 3.05) is 0 Å². The summed E-state index contributed by atoms with van der Waals surface area (Å²) in [5.74, 6) is 0. The van der Waals surface area contributed by atoms with E-state index in [1.54, 1.807) is 0 Å². The molecule has 0 saturated heterocycles. The van der Waals surface area contributed by atoms with Crippen LogP contribution in [0.4, 0.5) is 0 Å². The molecular weight excluding hydrogens is 154 g/mol. The molecule has 0 saturated carbocycles. The Bertz CT molecular complexity index is 288. The van der Waals surface area contributed by atoms with Gasteiger partial charge in [0, 0.05) is 5.69 Å². The number of aromatic nitrogens is 1. The molecule has 1 aromatic heterocycles. The maximum atomic E-state index is 4.99. The van der Waals surface area contributed by atoms with Crippen LogP contribution in [0.1, 0.15) is 24.6 Å². The number of pyridine rings is 1. The van der Waals surface area contributed by atoms with Crippen LogP contribution in [-0.4, -0.2) is 4.98 Å². The lowest BCUT2D eigenvalue weighted by Gasteiger charge is -2.02. The van der Waals surface area contributed by atoms with Crippen molar-refractivity contribution in [1.29, 1.82) is 0 Å². The van der Waals surface area contributed by atoms with Gasteiger partial charge in [0.25, 0.3) is 0 Å². The number of hydrogen-bond acceptors (Lipinski definition) is 1. The van der Waals surface area contributed by atoms with Crippen LogP contribution < -0.4 is 0 Å². The maximum absolute atomic E-state index is 4.99. The molecule has 1 rings (SSSR count). The second-order valence-corrected chi connectivity index (χ2v) is 3.16. The molecule has 0 amide bonds. The highest BCUT2D eigenvalue weighted by molar-refractivity contribution is 7.71. The Morgan fingerprint density at radius 2 is 2.18 bits per heavy atom. The first-order valence-corrected chi connectivity index (χ1v) is 4.33. The van der Waals surface area contributed by atoms with Crippen molar-refractivity contribution in [3.05, 3.63) is 28.0 Å². The molecule has 0 radical (unpaired) electrons. The van der Waals surface area contributed by atoms with Crippen molar-refractivity contribution >= 4 is 12.2 Å². The molecule has 0 spiro atoms. The number of aryl methyl sites for hydroxylation is 2. The number of rotatable bonds is 2. The van der Waals surface area contributed by atoms with Gasteiger partial charge in [-0.25, -0.2) is 0 Å². The van der Waals surface area contributed by atoms with E-state index in [0.29, 0.717) is 0 Å². The van der Waals surface area contributed by atoms with Crippen LogP contribution in [0.5, 0.6) is 0 Å². The first-order valence-electron chi connectivity index (χ1n) is 3.93. The highest BCUT2D eigenvalue weighted by Gasteiger charge is 1.94. The second kappa shape index (κ2) is 3.67. The molecule has 0 bridgehead atoms. The second-order valence-electron chi connectivity index (χ2n) is 2.72. The summed E-state index contributed by atoms with van der Waals surface area (Å²) in [5, 5.41) is 0. The van der Waals surface area contributed by atoms with E-state index < -0.39 is 0 Å². The fourth-order valence-electron chi connectivity index (χ4n) is 1.15. The van der Waals surface area contributed by atoms with Crippen LogP contribution in [0.3, 0.4) is 0 Å². The zero-order chi connectivity index (χ0) is 8.27. The van der Waals surface area contributed by atoms with Crippen molar-refractivity contribution in [2.45, 2.75) is 26.7 Å². The number of hydrogen-bond donors (Lipinski definition) is 1. The van der Waals surface area contributed by atoms with Gasteiger partial charge in [-0.2, -0.15) is 0 Å². The molecule has 0 atom stereocenters. The molecule has 1 heterocycles. The highest BCUT2D eigenvalue weighted by Crippen LogP contribution is 2.06. The topological polar surface area (TPSA) is 15.8 Å². The molecule has 2 heteroatoms. The van der Waals surface area contributed by atoms with Crippen LogP contribution in [0, 0.1) is 11.6 Å². The molecule has 60 valence electrons. The third-order valence-electron chi connectivity index (χ3n) is 1.75. The van der Waals surface area contributed by atoms with E-state index in [4.69, 9.17) is 12.2 Å². The van der Waals surface area contributed by atoms with Crippen molar-refractivity contribution < 1.29 is 0 Å². The van der Waals surface area contributed by atoms with Crippen molar-refractivity contribution in [2.24, 2.45) is 0 Å². The number of aromatic amines is 1. The van der Waals surface area contributed by atoms with E-state index in [9.17, 15) is 0 Å². The fourth-order valence-corrected chi connectivity index (χ4v) is 1.37. The van der Waals surface area contributed by atoms with Crippen LogP contribution in [0.15, 0.2) is 12.1 Å². The van der Waals surface area contributed by atoms with Gasteiger partial charge in [0.15, 0.2) is 0 Å². The van der Waals surface area contributed by atoms with Crippen molar-refractivity contribution in [1.82, 2.24) is 4.98 Å². The maximum Gasteiger partial charge on any atom is 0.103 e. The predicted molar refractivity (Wildman–Crippen MR) is 50.4 cm³/mol. The minimum Gasteiger partial charge on any atom is -0.350 e. The van der Waals surface area contributed by atoms with Gasteiger partial charge >= 0.3 is 0 Å². The summed E-state index contributed by atoms with van der Waals surface area (Å²) >= 11 is 4.99. The number of H-pyrrole nitrogens is 1. The summed E-state index contributed by atoms with van der Waals surface area (Å²) in [5.41, 5.74) is 2.58. The van der Waals surface area contributed by atoms with Gasteiger partial charge < -0.3 is 4.98 Å². The lowest BCUT2D eigenvalue weighted by Crippen LogP contribution is -1.91. The zero-order valence-electron chi connectivity index (χ0n) is 6.98. The summed E-state index contributed by atoms with van der Waals surface area (Å²) in [6, 6.07) is 4.06. The van der Waals surface area contributed by atoms with Crippen LogP contribution in [0.2, 0.25) is 0 Å². The largest absolute Gasteiger partial charge is 0.350 e. The molecule has 0 aliphatic heterocycles. The summed E-state index contributed by atoms with van der Waals surface area (Å²) in [6.45, 7) is 4.25. The minimum atomic E-state index is 0.822. The Morgan fingerprint density at radius 3 is 2.73 bits per heavy atom. The average molecular weight is 167 g/mol. The summed E-state index contributed by atoms with van der Waals surface area (Å²) in [6.07, 6.45) is 2.32. The average Bonchev–Trinajstić information content (AvgIpc) is 1.95. The van der Waals surface area contributed by atoms with Gasteiger partial charge in [-0.3, -0.25) is 0 Å². The van der Waals surface area contributed by atoms with Crippen LogP contribution >= 0.6 is 12.2 Å². The third-order valence-corrected chi connectivity index (χ3v) is 1.99. The molecule has 0 fully saturated rings. The minimum absolute atomic E-state index is 0.822. The van der Waals surface area contributed by atoms with Gasteiger partial charge in [0.05, 0.1) is 0 Å². The Labute approximate surface area is 72.5 Å². The monoisotopic (exact) mass is 167 g/mol. The van der Waals surface area contributed by atoms with Gasteiger partial charge in [0.2, 0.25) is 0 Å². The van der Waals surface area contributed by atoms with Crippen LogP contribution in [0.25, 0.3) is 0 Å². The highest BCUT2D eigenvalue weighted by atomic mass is 32.1. The predicted octanol–water partition coefficient (Wildman–Crippen LogP) is 3.01. The Hall–Kier alpha value is -0.630. The quantitative estimate of drug-likeness (QED) is 0.669.